The van der Waals surface area contributed by atoms with Gasteiger partial charge in [-0.1, -0.05) is 18.7 Å². The fourth-order valence-electron chi connectivity index (χ4n) is 3.56. The lowest BCUT2D eigenvalue weighted by Crippen LogP contribution is -2.28. The number of hydrogen-bond donors (Lipinski definition) is 2. The first-order valence-electron chi connectivity index (χ1n) is 8.65. The molecule has 0 aliphatic carbocycles. The van der Waals surface area contributed by atoms with Gasteiger partial charge in [0.25, 0.3) is 0 Å². The Morgan fingerprint density at radius 1 is 1.37 bits per heavy atom. The zero-order valence-corrected chi connectivity index (χ0v) is 16.0. The second-order valence-electron chi connectivity index (χ2n) is 6.92. The number of anilines is 1. The van der Waals surface area contributed by atoms with E-state index in [1.165, 1.54) is 6.33 Å². The number of carboxylic acid groups (broad SMARTS) is 1. The maximum Gasteiger partial charge on any atom is 0.313 e. The molecule has 0 radical (unpaired) electrons. The van der Waals surface area contributed by atoms with Gasteiger partial charge in [0, 0.05) is 0 Å². The molecule has 4 heterocycles. The summed E-state index contributed by atoms with van der Waals surface area (Å²) in [6.07, 6.45) is 0.777. The molecule has 2 aliphatic heterocycles. The molecule has 0 saturated carbocycles. The van der Waals surface area contributed by atoms with Crippen LogP contribution >= 0.6 is 11.8 Å². The molecular formula is C16H21N5O5S. The van der Waals surface area contributed by atoms with Crippen LogP contribution in [0, 0.1) is 0 Å². The number of ether oxygens (including phenoxy) is 3. The first-order valence-corrected chi connectivity index (χ1v) is 9.63. The topological polar surface area (TPSA) is 135 Å². The number of aliphatic carboxylic acids is 1. The lowest BCUT2D eigenvalue weighted by Gasteiger charge is -2.25. The zero-order chi connectivity index (χ0) is 19.3. The number of hydrogen-bond acceptors (Lipinski definition) is 9. The second-order valence-corrected chi connectivity index (χ2v) is 7.86. The first-order chi connectivity index (χ1) is 12.8. The number of imidazole rings is 1. The van der Waals surface area contributed by atoms with Gasteiger partial charge in [0.05, 0.1) is 11.9 Å². The molecule has 27 heavy (non-hydrogen) atoms. The monoisotopic (exact) mass is 395 g/mol. The van der Waals surface area contributed by atoms with E-state index >= 15 is 0 Å². The van der Waals surface area contributed by atoms with E-state index < -0.39 is 18.0 Å². The van der Waals surface area contributed by atoms with Crippen LogP contribution in [0.25, 0.3) is 11.2 Å². The summed E-state index contributed by atoms with van der Waals surface area (Å²) in [6.45, 7) is 5.74. The minimum absolute atomic E-state index is 0.155. The summed E-state index contributed by atoms with van der Waals surface area (Å²) in [4.78, 5) is 23.8. The fourth-order valence-corrected chi connectivity index (χ4v) is 4.30. The summed E-state index contributed by atoms with van der Waals surface area (Å²) in [6, 6.07) is 0. The maximum atomic E-state index is 11.1. The second kappa shape index (κ2) is 6.59. The Labute approximate surface area is 159 Å². The lowest BCUT2D eigenvalue weighted by molar-refractivity contribution is -0.197. The summed E-state index contributed by atoms with van der Waals surface area (Å²) in [5.41, 5.74) is 6.83. The molecule has 0 amide bonds. The predicted molar refractivity (Wildman–Crippen MR) is 96.1 cm³/mol. The van der Waals surface area contributed by atoms with Crippen LogP contribution < -0.4 is 5.73 Å². The van der Waals surface area contributed by atoms with Gasteiger partial charge in [-0.15, -0.1) is 0 Å². The van der Waals surface area contributed by atoms with Gasteiger partial charge in [0.2, 0.25) is 0 Å². The van der Waals surface area contributed by atoms with E-state index in [9.17, 15) is 4.79 Å². The third-order valence-corrected chi connectivity index (χ3v) is 5.52. The average molecular weight is 395 g/mol. The van der Waals surface area contributed by atoms with Crippen molar-refractivity contribution in [2.75, 3.05) is 11.5 Å². The lowest BCUT2D eigenvalue weighted by atomic mass is 10.1. The maximum absolute atomic E-state index is 11.1. The van der Waals surface area contributed by atoms with Gasteiger partial charge in [0.1, 0.15) is 18.5 Å². The quantitative estimate of drug-likeness (QED) is 0.715. The highest BCUT2D eigenvalue weighted by Crippen LogP contribution is 2.46. The fraction of sp³-hybridized carbons (Fsp3) is 0.625. The van der Waals surface area contributed by atoms with Crippen LogP contribution in [0.1, 0.15) is 33.4 Å². The highest BCUT2D eigenvalue weighted by atomic mass is 32.2. The number of rotatable bonds is 5. The van der Waals surface area contributed by atoms with Crippen molar-refractivity contribution in [3.63, 3.8) is 0 Å². The summed E-state index contributed by atoms with van der Waals surface area (Å²) < 4.78 is 20.1. The summed E-state index contributed by atoms with van der Waals surface area (Å²) >= 11 is 1.07. The van der Waals surface area contributed by atoms with Gasteiger partial charge in [0.15, 0.2) is 34.2 Å². The number of carbonyl (C=O) groups is 1. The minimum Gasteiger partial charge on any atom is -0.481 e. The van der Waals surface area contributed by atoms with Gasteiger partial charge < -0.3 is 25.1 Å². The molecule has 2 saturated heterocycles. The van der Waals surface area contributed by atoms with Crippen molar-refractivity contribution in [2.45, 2.75) is 62.7 Å². The van der Waals surface area contributed by atoms with E-state index in [1.807, 2.05) is 20.8 Å². The number of aromatic nitrogens is 4. The molecule has 1 unspecified atom stereocenters. The summed E-state index contributed by atoms with van der Waals surface area (Å²) in [7, 11) is 0. The molecule has 2 aliphatic rings. The van der Waals surface area contributed by atoms with Gasteiger partial charge >= 0.3 is 5.97 Å². The molecule has 146 valence electrons. The van der Waals surface area contributed by atoms with Crippen LogP contribution in [0.5, 0.6) is 0 Å². The van der Waals surface area contributed by atoms with Crippen LogP contribution in [-0.2, 0) is 19.0 Å². The van der Waals surface area contributed by atoms with E-state index in [-0.39, 0.29) is 29.9 Å². The van der Waals surface area contributed by atoms with E-state index in [2.05, 4.69) is 15.0 Å². The minimum atomic E-state index is -0.948. The standard InChI is InChI=1S/C16H21N5O5S/c1-4-7-10-11(26-16(2,3)25-10)14(24-7)21-13-9(12(17)18-6-19-13)20-15(21)27-5-8(22)23/h6-7,10-11,14H,4-5H2,1-3H3,(H,22,23)(H2,17,18,19)/t7-,10?,11+,14-/m1/s1. The number of carboxylic acids is 1. The molecule has 0 bridgehead atoms. The zero-order valence-electron chi connectivity index (χ0n) is 15.2. The third kappa shape index (κ3) is 3.14. The Balaban J connectivity index is 1.81. The Hall–Kier alpha value is -1.95. The van der Waals surface area contributed by atoms with Gasteiger partial charge in [-0.3, -0.25) is 9.36 Å². The van der Waals surface area contributed by atoms with Crippen molar-refractivity contribution in [1.82, 2.24) is 19.5 Å². The number of nitrogens with two attached hydrogens (primary N) is 1. The molecule has 0 aromatic carbocycles. The molecule has 3 N–H and O–H groups in total. The van der Waals surface area contributed by atoms with Crippen molar-refractivity contribution >= 4 is 34.7 Å². The van der Waals surface area contributed by atoms with Crippen LogP contribution in [0.15, 0.2) is 11.5 Å². The van der Waals surface area contributed by atoms with Crippen molar-refractivity contribution in [3.8, 4) is 0 Å². The van der Waals surface area contributed by atoms with Crippen LogP contribution in [0.3, 0.4) is 0 Å². The smallest absolute Gasteiger partial charge is 0.313 e. The van der Waals surface area contributed by atoms with E-state index in [0.29, 0.717) is 16.3 Å². The molecule has 2 fully saturated rings. The van der Waals surface area contributed by atoms with Crippen molar-refractivity contribution < 1.29 is 24.1 Å². The SMILES string of the molecule is CC[C@H]1O[C@@H](n2c(SCC(=O)O)nc3c(N)ncnc32)[C@H]2OC(C)(C)OC12. The van der Waals surface area contributed by atoms with Crippen LogP contribution in [0.4, 0.5) is 5.82 Å². The summed E-state index contributed by atoms with van der Waals surface area (Å²) in [5.74, 6) is -1.61. The first kappa shape index (κ1) is 18.4. The van der Waals surface area contributed by atoms with E-state index in [1.54, 1.807) is 4.57 Å². The van der Waals surface area contributed by atoms with Crippen LogP contribution in [0.2, 0.25) is 0 Å². The Morgan fingerprint density at radius 3 is 2.81 bits per heavy atom. The molecule has 0 spiro atoms. The number of thioether (sulfide) groups is 1. The Bertz CT molecular complexity index is 887. The van der Waals surface area contributed by atoms with E-state index in [4.69, 9.17) is 25.1 Å². The van der Waals surface area contributed by atoms with Crippen molar-refractivity contribution in [2.24, 2.45) is 0 Å². The van der Waals surface area contributed by atoms with Gasteiger partial charge in [-0.2, -0.15) is 0 Å². The van der Waals surface area contributed by atoms with Gasteiger partial charge in [-0.25, -0.2) is 15.0 Å². The average Bonchev–Trinajstić information content (AvgIpc) is 3.21. The number of nitrogen functional groups attached to an aromatic ring is 1. The highest BCUT2D eigenvalue weighted by molar-refractivity contribution is 7.99. The molecule has 10 nitrogen and oxygen atoms in total. The summed E-state index contributed by atoms with van der Waals surface area (Å²) in [5, 5.41) is 9.51. The third-order valence-electron chi connectivity index (χ3n) is 4.58. The van der Waals surface area contributed by atoms with Gasteiger partial charge in [-0.05, 0) is 20.3 Å². The normalized spacial score (nSPS) is 29.3. The van der Waals surface area contributed by atoms with Crippen molar-refractivity contribution in [1.29, 1.82) is 0 Å². The van der Waals surface area contributed by atoms with E-state index in [0.717, 1.165) is 18.2 Å². The molecule has 2 aromatic heterocycles. The number of nitrogens with zero attached hydrogens (tertiary/aromatic N) is 4. The largest absolute Gasteiger partial charge is 0.481 e. The van der Waals surface area contributed by atoms with Crippen LogP contribution in [-0.4, -0.2) is 60.4 Å². The van der Waals surface area contributed by atoms with Crippen molar-refractivity contribution in [3.05, 3.63) is 6.33 Å². The molecule has 4 atom stereocenters. The molecule has 2 aromatic rings. The number of fused-ring (bicyclic) bond motifs is 2. The Morgan fingerprint density at radius 2 is 2.11 bits per heavy atom. The highest BCUT2D eigenvalue weighted by Gasteiger charge is 2.56. The molecular weight excluding hydrogens is 374 g/mol. The molecule has 4 rings (SSSR count). The molecule has 11 heteroatoms. The Kier molecular flexibility index (Phi) is 4.49. The predicted octanol–water partition coefficient (Wildman–Crippen LogP) is 1.41.